The van der Waals surface area contributed by atoms with Crippen molar-refractivity contribution >= 4 is 5.91 Å². The number of carbonyl (C=O) groups excluding carboxylic acids is 1. The van der Waals surface area contributed by atoms with Gasteiger partial charge in [-0.15, -0.1) is 0 Å². The zero-order valence-corrected chi connectivity index (χ0v) is 11.8. The molecule has 1 amide bonds. The van der Waals surface area contributed by atoms with Crippen LogP contribution in [0.4, 0.5) is 0 Å². The number of carbonyl (C=O) groups is 1. The van der Waals surface area contributed by atoms with Gasteiger partial charge in [-0.25, -0.2) is 0 Å². The number of rotatable bonds is 3. The van der Waals surface area contributed by atoms with Gasteiger partial charge in [0, 0.05) is 32.2 Å². The monoisotopic (exact) mass is 253 g/mol. The third-order valence-corrected chi connectivity index (χ3v) is 4.67. The van der Waals surface area contributed by atoms with Crippen molar-refractivity contribution in [3.05, 3.63) is 0 Å². The van der Waals surface area contributed by atoms with Crippen LogP contribution in [0.1, 0.15) is 39.5 Å². The van der Waals surface area contributed by atoms with Crippen molar-refractivity contribution < 1.29 is 4.79 Å². The number of piperidine rings is 1. The maximum absolute atomic E-state index is 12.4. The standard InChI is InChI=1S/C14H27N3O/c1-3-12-10-17(9-6-13(12)15)11(2)14(18)16-7-4-5-8-16/h11-13H,3-10,15H2,1-2H3. The molecule has 2 saturated heterocycles. The number of nitrogens with zero attached hydrogens (tertiary/aromatic N) is 2. The Morgan fingerprint density at radius 3 is 2.61 bits per heavy atom. The summed E-state index contributed by atoms with van der Waals surface area (Å²) >= 11 is 0. The number of hydrogen-bond acceptors (Lipinski definition) is 3. The van der Waals surface area contributed by atoms with E-state index in [0.717, 1.165) is 39.0 Å². The lowest BCUT2D eigenvalue weighted by Crippen LogP contribution is -2.54. The largest absolute Gasteiger partial charge is 0.341 e. The molecule has 0 aromatic carbocycles. The lowest BCUT2D eigenvalue weighted by molar-refractivity contribution is -0.136. The Kier molecular flexibility index (Phi) is 4.62. The van der Waals surface area contributed by atoms with Gasteiger partial charge in [0.15, 0.2) is 0 Å². The lowest BCUT2D eigenvalue weighted by Gasteiger charge is -2.40. The van der Waals surface area contributed by atoms with E-state index >= 15 is 0 Å². The Bertz CT molecular complexity index is 289. The molecule has 0 radical (unpaired) electrons. The molecular weight excluding hydrogens is 226 g/mol. The number of hydrogen-bond donors (Lipinski definition) is 1. The third-order valence-electron chi connectivity index (χ3n) is 4.67. The average Bonchev–Trinajstić information content (AvgIpc) is 2.91. The van der Waals surface area contributed by atoms with Crippen molar-refractivity contribution in [1.82, 2.24) is 9.80 Å². The normalized spacial score (nSPS) is 31.6. The van der Waals surface area contributed by atoms with E-state index in [-0.39, 0.29) is 6.04 Å². The van der Waals surface area contributed by atoms with Crippen LogP contribution >= 0.6 is 0 Å². The van der Waals surface area contributed by atoms with Crippen LogP contribution in [-0.4, -0.2) is 54.0 Å². The summed E-state index contributed by atoms with van der Waals surface area (Å²) in [5, 5.41) is 0. The third kappa shape index (κ3) is 2.86. The molecule has 0 aliphatic carbocycles. The Morgan fingerprint density at radius 2 is 2.00 bits per heavy atom. The highest BCUT2D eigenvalue weighted by Gasteiger charge is 2.33. The van der Waals surface area contributed by atoms with E-state index in [1.807, 2.05) is 4.90 Å². The van der Waals surface area contributed by atoms with E-state index in [9.17, 15) is 4.79 Å². The maximum atomic E-state index is 12.4. The van der Waals surface area contributed by atoms with E-state index in [1.54, 1.807) is 0 Å². The Labute approximate surface area is 110 Å². The first-order valence-corrected chi connectivity index (χ1v) is 7.42. The van der Waals surface area contributed by atoms with E-state index in [4.69, 9.17) is 5.73 Å². The molecule has 2 N–H and O–H groups in total. The fraction of sp³-hybridized carbons (Fsp3) is 0.929. The van der Waals surface area contributed by atoms with Crippen LogP contribution in [0.25, 0.3) is 0 Å². The molecule has 3 atom stereocenters. The topological polar surface area (TPSA) is 49.6 Å². The first-order valence-electron chi connectivity index (χ1n) is 7.42. The van der Waals surface area contributed by atoms with Crippen molar-refractivity contribution in [2.24, 2.45) is 11.7 Å². The van der Waals surface area contributed by atoms with Crippen LogP contribution in [0, 0.1) is 5.92 Å². The van der Waals surface area contributed by atoms with Crippen molar-refractivity contribution in [3.8, 4) is 0 Å². The Balaban J connectivity index is 1.92. The summed E-state index contributed by atoms with van der Waals surface area (Å²) in [5.74, 6) is 0.866. The summed E-state index contributed by atoms with van der Waals surface area (Å²) in [4.78, 5) is 16.7. The predicted molar refractivity (Wildman–Crippen MR) is 73.2 cm³/mol. The van der Waals surface area contributed by atoms with Crippen LogP contribution in [0.3, 0.4) is 0 Å². The van der Waals surface area contributed by atoms with Gasteiger partial charge in [-0.2, -0.15) is 0 Å². The number of nitrogens with two attached hydrogens (primary N) is 1. The average molecular weight is 253 g/mol. The minimum absolute atomic E-state index is 0.0321. The minimum atomic E-state index is 0.0321. The van der Waals surface area contributed by atoms with E-state index in [0.29, 0.717) is 17.9 Å². The van der Waals surface area contributed by atoms with E-state index < -0.39 is 0 Å². The highest BCUT2D eigenvalue weighted by atomic mass is 16.2. The molecule has 2 rings (SSSR count). The van der Waals surface area contributed by atoms with E-state index in [1.165, 1.54) is 12.8 Å². The summed E-state index contributed by atoms with van der Waals surface area (Å²) < 4.78 is 0. The molecule has 3 unspecified atom stereocenters. The zero-order valence-electron chi connectivity index (χ0n) is 11.8. The summed E-state index contributed by atoms with van der Waals surface area (Å²) in [6, 6.07) is 0.352. The van der Waals surface area contributed by atoms with Gasteiger partial charge in [0.25, 0.3) is 0 Å². The molecule has 4 nitrogen and oxygen atoms in total. The van der Waals surface area contributed by atoms with Crippen molar-refractivity contribution in [2.75, 3.05) is 26.2 Å². The summed E-state index contributed by atoms with van der Waals surface area (Å²) in [5.41, 5.74) is 6.13. The summed E-state index contributed by atoms with van der Waals surface area (Å²) in [6.07, 6.45) is 4.47. The fourth-order valence-corrected chi connectivity index (χ4v) is 3.22. The van der Waals surface area contributed by atoms with Crippen molar-refractivity contribution in [3.63, 3.8) is 0 Å². The highest BCUT2D eigenvalue weighted by molar-refractivity contribution is 5.81. The molecule has 4 heteroatoms. The molecule has 0 aromatic heterocycles. The molecule has 104 valence electrons. The van der Waals surface area contributed by atoms with Gasteiger partial charge >= 0.3 is 0 Å². The van der Waals surface area contributed by atoms with Gasteiger partial charge in [0.05, 0.1) is 6.04 Å². The van der Waals surface area contributed by atoms with Crippen LogP contribution in [0.2, 0.25) is 0 Å². The molecule has 0 spiro atoms. The molecule has 2 heterocycles. The molecule has 2 fully saturated rings. The summed E-state index contributed by atoms with van der Waals surface area (Å²) in [6.45, 7) is 8.11. The van der Waals surface area contributed by atoms with Crippen molar-refractivity contribution in [2.45, 2.75) is 51.6 Å². The number of likely N-dealkylation sites (tertiary alicyclic amines) is 2. The van der Waals surface area contributed by atoms with Gasteiger partial charge < -0.3 is 10.6 Å². The highest BCUT2D eigenvalue weighted by Crippen LogP contribution is 2.21. The van der Waals surface area contributed by atoms with Crippen LogP contribution in [-0.2, 0) is 4.79 Å². The smallest absolute Gasteiger partial charge is 0.239 e. The lowest BCUT2D eigenvalue weighted by atomic mass is 9.90. The van der Waals surface area contributed by atoms with E-state index in [2.05, 4.69) is 18.7 Å². The van der Waals surface area contributed by atoms with Gasteiger partial charge in [0.2, 0.25) is 5.91 Å². The second kappa shape index (κ2) is 6.02. The van der Waals surface area contributed by atoms with Gasteiger partial charge in [-0.05, 0) is 32.1 Å². The zero-order chi connectivity index (χ0) is 13.1. The quantitative estimate of drug-likeness (QED) is 0.818. The van der Waals surface area contributed by atoms with Crippen LogP contribution in [0.5, 0.6) is 0 Å². The van der Waals surface area contributed by atoms with Crippen LogP contribution in [0.15, 0.2) is 0 Å². The molecule has 18 heavy (non-hydrogen) atoms. The van der Waals surface area contributed by atoms with Gasteiger partial charge in [0.1, 0.15) is 0 Å². The SMILES string of the molecule is CCC1CN(C(C)C(=O)N2CCCC2)CCC1N. The molecular formula is C14H27N3O. The second-order valence-electron chi connectivity index (χ2n) is 5.82. The molecule has 0 bridgehead atoms. The summed E-state index contributed by atoms with van der Waals surface area (Å²) in [7, 11) is 0. The Hall–Kier alpha value is -0.610. The molecule has 0 aromatic rings. The second-order valence-corrected chi connectivity index (χ2v) is 5.82. The predicted octanol–water partition coefficient (Wildman–Crippen LogP) is 1.06. The molecule has 2 aliphatic heterocycles. The minimum Gasteiger partial charge on any atom is -0.341 e. The maximum Gasteiger partial charge on any atom is 0.239 e. The van der Waals surface area contributed by atoms with Crippen molar-refractivity contribution in [1.29, 1.82) is 0 Å². The fourth-order valence-electron chi connectivity index (χ4n) is 3.22. The van der Waals surface area contributed by atoms with Crippen LogP contribution < -0.4 is 5.73 Å². The first-order chi connectivity index (χ1) is 8.63. The first kappa shape index (κ1) is 13.8. The molecule has 2 aliphatic rings. The molecule has 0 saturated carbocycles. The van der Waals surface area contributed by atoms with Gasteiger partial charge in [-0.1, -0.05) is 13.3 Å². The Morgan fingerprint density at radius 1 is 1.33 bits per heavy atom. The number of amides is 1. The van der Waals surface area contributed by atoms with Gasteiger partial charge in [-0.3, -0.25) is 9.69 Å².